The summed E-state index contributed by atoms with van der Waals surface area (Å²) >= 11 is 0. The number of hydrogen-bond donors (Lipinski definition) is 1. The molecule has 0 saturated carbocycles. The molecule has 0 spiro atoms. The van der Waals surface area contributed by atoms with E-state index in [1.54, 1.807) is 12.5 Å². The molecule has 0 fully saturated rings. The zero-order valence-corrected chi connectivity index (χ0v) is 10.2. The Bertz CT molecular complexity index is 467. The predicted molar refractivity (Wildman–Crippen MR) is 67.1 cm³/mol. The summed E-state index contributed by atoms with van der Waals surface area (Å²) in [5.41, 5.74) is 0. The van der Waals surface area contributed by atoms with Gasteiger partial charge in [-0.2, -0.15) is 4.98 Å². The summed E-state index contributed by atoms with van der Waals surface area (Å²) in [4.78, 5) is 10.4. The van der Waals surface area contributed by atoms with Gasteiger partial charge in [-0.3, -0.25) is 0 Å². The summed E-state index contributed by atoms with van der Waals surface area (Å²) in [5, 5.41) is 3.27. The molecule has 1 atom stereocenters. The van der Waals surface area contributed by atoms with Crippen LogP contribution in [0.25, 0.3) is 0 Å². The lowest BCUT2D eigenvalue weighted by Crippen LogP contribution is -2.14. The third-order valence-electron chi connectivity index (χ3n) is 2.38. The molecule has 0 saturated heterocycles. The molecule has 90 valence electrons. The molecular weight excluding hydrogens is 216 g/mol. The van der Waals surface area contributed by atoms with Crippen molar-refractivity contribution in [3.05, 3.63) is 36.4 Å². The Morgan fingerprint density at radius 1 is 1.35 bits per heavy atom. The maximum absolute atomic E-state index is 5.33. The molecule has 2 aromatic rings. The Morgan fingerprint density at radius 2 is 2.18 bits per heavy atom. The highest BCUT2D eigenvalue weighted by molar-refractivity contribution is 5.41. The Balaban J connectivity index is 2.11. The average Bonchev–Trinajstić information content (AvgIpc) is 2.82. The molecule has 0 aromatic carbocycles. The van der Waals surface area contributed by atoms with Crippen molar-refractivity contribution < 1.29 is 4.42 Å². The first-order valence-corrected chi connectivity index (χ1v) is 5.47. The van der Waals surface area contributed by atoms with Crippen molar-refractivity contribution in [2.45, 2.75) is 13.0 Å². The van der Waals surface area contributed by atoms with Crippen LogP contribution in [0.4, 0.5) is 11.8 Å². The second-order valence-electron chi connectivity index (χ2n) is 4.02. The van der Waals surface area contributed by atoms with Crippen LogP contribution in [0.2, 0.25) is 0 Å². The van der Waals surface area contributed by atoms with E-state index in [9.17, 15) is 0 Å². The van der Waals surface area contributed by atoms with Crippen LogP contribution in [0.3, 0.4) is 0 Å². The lowest BCUT2D eigenvalue weighted by molar-refractivity contribution is 0.490. The lowest BCUT2D eigenvalue weighted by Gasteiger charge is -2.14. The zero-order chi connectivity index (χ0) is 12.3. The van der Waals surface area contributed by atoms with Crippen molar-refractivity contribution in [2.75, 3.05) is 24.3 Å². The molecule has 0 aliphatic carbocycles. The smallest absolute Gasteiger partial charge is 0.226 e. The van der Waals surface area contributed by atoms with Gasteiger partial charge in [-0.15, -0.1) is 0 Å². The number of furan rings is 1. The summed E-state index contributed by atoms with van der Waals surface area (Å²) in [6, 6.07) is 5.73. The van der Waals surface area contributed by atoms with Crippen LogP contribution in [0.15, 0.2) is 35.1 Å². The molecule has 0 aliphatic rings. The Labute approximate surface area is 100 Å². The number of nitrogens with zero attached hydrogens (tertiary/aromatic N) is 3. The van der Waals surface area contributed by atoms with E-state index in [4.69, 9.17) is 4.42 Å². The summed E-state index contributed by atoms with van der Waals surface area (Å²) in [7, 11) is 3.82. The van der Waals surface area contributed by atoms with Gasteiger partial charge < -0.3 is 14.6 Å². The van der Waals surface area contributed by atoms with Crippen LogP contribution in [0.5, 0.6) is 0 Å². The van der Waals surface area contributed by atoms with Gasteiger partial charge in [-0.05, 0) is 25.1 Å². The molecule has 1 unspecified atom stereocenters. The molecule has 2 heterocycles. The van der Waals surface area contributed by atoms with Crippen molar-refractivity contribution in [1.82, 2.24) is 9.97 Å². The van der Waals surface area contributed by atoms with Crippen molar-refractivity contribution in [2.24, 2.45) is 0 Å². The van der Waals surface area contributed by atoms with Gasteiger partial charge in [0.15, 0.2) is 0 Å². The fourth-order valence-electron chi connectivity index (χ4n) is 1.47. The Hall–Kier alpha value is -2.04. The highest BCUT2D eigenvalue weighted by Crippen LogP contribution is 2.18. The van der Waals surface area contributed by atoms with Gasteiger partial charge >= 0.3 is 0 Å². The third kappa shape index (κ3) is 2.75. The topological polar surface area (TPSA) is 54.2 Å². The van der Waals surface area contributed by atoms with Crippen LogP contribution in [0, 0.1) is 0 Å². The van der Waals surface area contributed by atoms with Crippen molar-refractivity contribution in [1.29, 1.82) is 0 Å². The highest BCUT2D eigenvalue weighted by atomic mass is 16.3. The maximum Gasteiger partial charge on any atom is 0.226 e. The predicted octanol–water partition coefficient (Wildman–Crippen LogP) is 2.31. The first-order chi connectivity index (χ1) is 8.16. The molecule has 0 bridgehead atoms. The van der Waals surface area contributed by atoms with Crippen LogP contribution in [-0.2, 0) is 0 Å². The highest BCUT2D eigenvalue weighted by Gasteiger charge is 2.09. The second-order valence-corrected chi connectivity index (χ2v) is 4.02. The standard InChI is InChI=1S/C12H16N4O/c1-9(10-5-4-8-17-10)14-11-6-7-13-12(15-11)16(2)3/h4-9H,1-3H3,(H,13,14,15). The summed E-state index contributed by atoms with van der Waals surface area (Å²) in [5.74, 6) is 2.35. The van der Waals surface area contributed by atoms with Crippen molar-refractivity contribution in [3.8, 4) is 0 Å². The molecule has 1 N–H and O–H groups in total. The quantitative estimate of drug-likeness (QED) is 0.876. The van der Waals surface area contributed by atoms with Gasteiger partial charge in [0, 0.05) is 20.3 Å². The minimum Gasteiger partial charge on any atom is -0.467 e. The Kier molecular flexibility index (Phi) is 3.27. The van der Waals surface area contributed by atoms with E-state index < -0.39 is 0 Å². The normalized spacial score (nSPS) is 12.2. The SMILES string of the molecule is CC(Nc1ccnc(N(C)C)n1)c1ccco1. The lowest BCUT2D eigenvalue weighted by atomic mass is 10.2. The molecule has 5 nitrogen and oxygen atoms in total. The first kappa shape index (κ1) is 11.4. The monoisotopic (exact) mass is 232 g/mol. The largest absolute Gasteiger partial charge is 0.467 e. The van der Waals surface area contributed by atoms with E-state index in [1.807, 2.05) is 44.1 Å². The number of aromatic nitrogens is 2. The van der Waals surface area contributed by atoms with Gasteiger partial charge in [0.25, 0.3) is 0 Å². The number of hydrogen-bond acceptors (Lipinski definition) is 5. The number of rotatable bonds is 4. The van der Waals surface area contributed by atoms with E-state index in [1.165, 1.54) is 0 Å². The minimum absolute atomic E-state index is 0.0786. The summed E-state index contributed by atoms with van der Waals surface area (Å²) in [6.07, 6.45) is 3.40. The van der Waals surface area contributed by atoms with E-state index >= 15 is 0 Å². The summed E-state index contributed by atoms with van der Waals surface area (Å²) < 4.78 is 5.33. The maximum atomic E-state index is 5.33. The molecule has 2 rings (SSSR count). The van der Waals surface area contributed by atoms with Gasteiger partial charge in [0.1, 0.15) is 11.6 Å². The molecule has 17 heavy (non-hydrogen) atoms. The first-order valence-electron chi connectivity index (χ1n) is 5.47. The molecule has 0 radical (unpaired) electrons. The number of nitrogens with one attached hydrogen (secondary N) is 1. The van der Waals surface area contributed by atoms with E-state index in [2.05, 4.69) is 15.3 Å². The summed E-state index contributed by atoms with van der Waals surface area (Å²) in [6.45, 7) is 2.02. The van der Waals surface area contributed by atoms with Gasteiger partial charge in [0.2, 0.25) is 5.95 Å². The molecule has 0 aliphatic heterocycles. The fraction of sp³-hybridized carbons (Fsp3) is 0.333. The van der Waals surface area contributed by atoms with Crippen molar-refractivity contribution in [3.63, 3.8) is 0 Å². The number of anilines is 2. The fourth-order valence-corrected chi connectivity index (χ4v) is 1.47. The van der Waals surface area contributed by atoms with Crippen LogP contribution < -0.4 is 10.2 Å². The molecular formula is C12H16N4O. The van der Waals surface area contributed by atoms with Crippen LogP contribution in [-0.4, -0.2) is 24.1 Å². The Morgan fingerprint density at radius 3 is 2.82 bits per heavy atom. The van der Waals surface area contributed by atoms with Gasteiger partial charge in [-0.25, -0.2) is 4.98 Å². The zero-order valence-electron chi connectivity index (χ0n) is 10.2. The minimum atomic E-state index is 0.0786. The van der Waals surface area contributed by atoms with Crippen molar-refractivity contribution >= 4 is 11.8 Å². The molecule has 2 aromatic heterocycles. The van der Waals surface area contributed by atoms with Crippen LogP contribution in [0.1, 0.15) is 18.7 Å². The van der Waals surface area contributed by atoms with E-state index in [-0.39, 0.29) is 6.04 Å². The average molecular weight is 232 g/mol. The molecule has 5 heteroatoms. The molecule has 0 amide bonds. The van der Waals surface area contributed by atoms with Crippen LogP contribution >= 0.6 is 0 Å². The van der Waals surface area contributed by atoms with E-state index in [0.717, 1.165) is 11.6 Å². The third-order valence-corrected chi connectivity index (χ3v) is 2.38. The second kappa shape index (κ2) is 4.86. The van der Waals surface area contributed by atoms with Gasteiger partial charge in [0.05, 0.1) is 12.3 Å². The van der Waals surface area contributed by atoms with Gasteiger partial charge in [-0.1, -0.05) is 0 Å². The van der Waals surface area contributed by atoms with E-state index in [0.29, 0.717) is 5.95 Å².